The number of halogens is 1. The molecular formula is C19H23FN2O. The molecule has 2 N–H and O–H groups in total. The molecule has 0 aliphatic carbocycles. The Morgan fingerprint density at radius 1 is 1.04 bits per heavy atom. The van der Waals surface area contributed by atoms with Gasteiger partial charge >= 0.3 is 0 Å². The van der Waals surface area contributed by atoms with Gasteiger partial charge in [-0.15, -0.1) is 0 Å². The summed E-state index contributed by atoms with van der Waals surface area (Å²) in [4.78, 5) is 11.8. The zero-order valence-electron chi connectivity index (χ0n) is 13.4. The first-order valence-electron chi connectivity index (χ1n) is 7.97. The SMILES string of the molecule is C[C@H](CCc1ccccc1)NCCNC(=O)c1ccccc1F. The van der Waals surface area contributed by atoms with E-state index in [2.05, 4.69) is 29.7 Å². The standard InChI is InChI=1S/C19H23FN2O/c1-15(11-12-16-7-3-2-4-8-16)21-13-14-22-19(23)17-9-5-6-10-18(17)20/h2-10,15,21H,11-14H2,1H3,(H,22,23)/t15-/m1/s1. The van der Waals surface area contributed by atoms with Crippen LogP contribution in [0.1, 0.15) is 29.3 Å². The minimum absolute atomic E-state index is 0.0876. The molecule has 122 valence electrons. The van der Waals surface area contributed by atoms with Crippen LogP contribution in [0.3, 0.4) is 0 Å². The normalized spacial score (nSPS) is 11.9. The highest BCUT2D eigenvalue weighted by Crippen LogP contribution is 2.06. The number of amides is 1. The molecule has 0 spiro atoms. The average Bonchev–Trinajstić information content (AvgIpc) is 2.58. The maximum absolute atomic E-state index is 13.5. The Bertz CT molecular complexity index is 616. The first-order valence-corrected chi connectivity index (χ1v) is 7.97. The minimum atomic E-state index is -0.491. The molecule has 0 heterocycles. The zero-order chi connectivity index (χ0) is 16.5. The summed E-state index contributed by atoms with van der Waals surface area (Å²) in [6.45, 7) is 3.26. The molecule has 0 saturated heterocycles. The summed E-state index contributed by atoms with van der Waals surface area (Å²) in [7, 11) is 0. The monoisotopic (exact) mass is 314 g/mol. The van der Waals surface area contributed by atoms with Crippen molar-refractivity contribution in [3.63, 3.8) is 0 Å². The van der Waals surface area contributed by atoms with E-state index in [1.54, 1.807) is 12.1 Å². The van der Waals surface area contributed by atoms with E-state index in [-0.39, 0.29) is 11.5 Å². The van der Waals surface area contributed by atoms with Crippen molar-refractivity contribution in [3.05, 3.63) is 71.5 Å². The number of nitrogens with one attached hydrogen (secondary N) is 2. The van der Waals surface area contributed by atoms with Crippen LogP contribution in [0.4, 0.5) is 4.39 Å². The Morgan fingerprint density at radius 3 is 2.48 bits per heavy atom. The van der Waals surface area contributed by atoms with E-state index in [0.29, 0.717) is 19.1 Å². The van der Waals surface area contributed by atoms with Gasteiger partial charge in [0.15, 0.2) is 0 Å². The smallest absolute Gasteiger partial charge is 0.254 e. The Hall–Kier alpha value is -2.20. The molecule has 0 radical (unpaired) electrons. The summed E-state index contributed by atoms with van der Waals surface area (Å²) in [6.07, 6.45) is 2.06. The van der Waals surface area contributed by atoms with E-state index in [4.69, 9.17) is 0 Å². The first kappa shape index (κ1) is 17.2. The van der Waals surface area contributed by atoms with Crippen molar-refractivity contribution >= 4 is 5.91 Å². The molecule has 23 heavy (non-hydrogen) atoms. The number of carbonyl (C=O) groups excluding carboxylic acids is 1. The topological polar surface area (TPSA) is 41.1 Å². The van der Waals surface area contributed by atoms with Gasteiger partial charge in [-0.1, -0.05) is 42.5 Å². The van der Waals surface area contributed by atoms with Gasteiger partial charge < -0.3 is 10.6 Å². The second-order valence-corrected chi connectivity index (χ2v) is 5.62. The van der Waals surface area contributed by atoms with Crippen LogP contribution in [-0.2, 0) is 6.42 Å². The number of rotatable bonds is 8. The number of hydrogen-bond acceptors (Lipinski definition) is 2. The third-order valence-electron chi connectivity index (χ3n) is 3.73. The van der Waals surface area contributed by atoms with Crippen LogP contribution in [0.25, 0.3) is 0 Å². The van der Waals surface area contributed by atoms with Crippen molar-refractivity contribution in [3.8, 4) is 0 Å². The molecule has 3 nitrogen and oxygen atoms in total. The Kier molecular flexibility index (Phi) is 6.76. The average molecular weight is 314 g/mol. The molecule has 0 aliphatic rings. The molecule has 0 aromatic heterocycles. The summed E-state index contributed by atoms with van der Waals surface area (Å²) in [5.41, 5.74) is 1.42. The number of hydrogen-bond donors (Lipinski definition) is 2. The molecule has 1 amide bonds. The third-order valence-corrected chi connectivity index (χ3v) is 3.73. The Labute approximate surface area is 136 Å². The van der Waals surface area contributed by atoms with Gasteiger partial charge in [0.2, 0.25) is 0 Å². The molecule has 0 fully saturated rings. The predicted octanol–water partition coefficient (Wildman–Crippen LogP) is 3.17. The lowest BCUT2D eigenvalue weighted by Crippen LogP contribution is -2.36. The molecule has 0 bridgehead atoms. The van der Waals surface area contributed by atoms with Crippen molar-refractivity contribution in [2.24, 2.45) is 0 Å². The number of benzene rings is 2. The lowest BCUT2D eigenvalue weighted by Gasteiger charge is -2.14. The number of carbonyl (C=O) groups is 1. The van der Waals surface area contributed by atoms with Gasteiger partial charge in [-0.25, -0.2) is 4.39 Å². The van der Waals surface area contributed by atoms with E-state index in [0.717, 1.165) is 12.8 Å². The quantitative estimate of drug-likeness (QED) is 0.735. The molecular weight excluding hydrogens is 291 g/mol. The van der Waals surface area contributed by atoms with Gasteiger partial charge in [0.05, 0.1) is 5.56 Å². The highest BCUT2D eigenvalue weighted by molar-refractivity contribution is 5.94. The van der Waals surface area contributed by atoms with Gasteiger partial charge in [0.25, 0.3) is 5.91 Å². The fourth-order valence-corrected chi connectivity index (χ4v) is 2.37. The van der Waals surface area contributed by atoms with Crippen LogP contribution >= 0.6 is 0 Å². The van der Waals surface area contributed by atoms with Crippen LogP contribution in [0.15, 0.2) is 54.6 Å². The van der Waals surface area contributed by atoms with Gasteiger partial charge in [-0.2, -0.15) is 0 Å². The first-order chi connectivity index (χ1) is 11.2. The third kappa shape index (κ3) is 5.83. The maximum atomic E-state index is 13.5. The van der Waals surface area contributed by atoms with Crippen molar-refractivity contribution in [1.29, 1.82) is 0 Å². The summed E-state index contributed by atoms with van der Waals surface area (Å²) >= 11 is 0. The van der Waals surface area contributed by atoms with E-state index < -0.39 is 5.82 Å². The van der Waals surface area contributed by atoms with Crippen molar-refractivity contribution < 1.29 is 9.18 Å². The van der Waals surface area contributed by atoms with Crippen LogP contribution < -0.4 is 10.6 Å². The zero-order valence-corrected chi connectivity index (χ0v) is 13.4. The van der Waals surface area contributed by atoms with Crippen molar-refractivity contribution in [2.45, 2.75) is 25.8 Å². The maximum Gasteiger partial charge on any atom is 0.254 e. The molecule has 0 unspecified atom stereocenters. The largest absolute Gasteiger partial charge is 0.351 e. The fraction of sp³-hybridized carbons (Fsp3) is 0.316. The molecule has 2 aromatic rings. The van der Waals surface area contributed by atoms with Gasteiger partial charge in [-0.05, 0) is 37.5 Å². The van der Waals surface area contributed by atoms with E-state index >= 15 is 0 Å². The van der Waals surface area contributed by atoms with Gasteiger partial charge in [-0.3, -0.25) is 4.79 Å². The number of aryl methyl sites for hydroxylation is 1. The van der Waals surface area contributed by atoms with Crippen molar-refractivity contribution in [1.82, 2.24) is 10.6 Å². The van der Waals surface area contributed by atoms with E-state index in [1.165, 1.54) is 17.7 Å². The second-order valence-electron chi connectivity index (χ2n) is 5.62. The molecule has 4 heteroatoms. The highest BCUT2D eigenvalue weighted by atomic mass is 19.1. The van der Waals surface area contributed by atoms with Crippen LogP contribution in [-0.4, -0.2) is 25.0 Å². The predicted molar refractivity (Wildman–Crippen MR) is 91.0 cm³/mol. The van der Waals surface area contributed by atoms with Gasteiger partial charge in [0, 0.05) is 19.1 Å². The minimum Gasteiger partial charge on any atom is -0.351 e. The molecule has 2 rings (SSSR count). The summed E-state index contributed by atoms with van der Waals surface area (Å²) in [5, 5.41) is 6.09. The highest BCUT2D eigenvalue weighted by Gasteiger charge is 2.09. The van der Waals surface area contributed by atoms with Crippen LogP contribution in [0.2, 0.25) is 0 Å². The van der Waals surface area contributed by atoms with Gasteiger partial charge in [0.1, 0.15) is 5.82 Å². The summed E-state index contributed by atoms with van der Waals surface area (Å²) in [6, 6.07) is 16.7. The lowest BCUT2D eigenvalue weighted by molar-refractivity contribution is 0.0949. The van der Waals surface area contributed by atoms with E-state index in [1.807, 2.05) is 18.2 Å². The summed E-state index contributed by atoms with van der Waals surface area (Å²) in [5.74, 6) is -0.865. The molecule has 2 aromatic carbocycles. The van der Waals surface area contributed by atoms with Crippen molar-refractivity contribution in [2.75, 3.05) is 13.1 Å². The molecule has 0 aliphatic heterocycles. The molecule has 0 saturated carbocycles. The van der Waals surface area contributed by atoms with Crippen LogP contribution in [0.5, 0.6) is 0 Å². The Balaban J connectivity index is 1.63. The molecule has 1 atom stereocenters. The van der Waals surface area contributed by atoms with Crippen LogP contribution in [0, 0.1) is 5.82 Å². The second kappa shape index (κ2) is 9.06. The Morgan fingerprint density at radius 2 is 1.74 bits per heavy atom. The fourth-order valence-electron chi connectivity index (χ4n) is 2.37. The summed E-state index contributed by atoms with van der Waals surface area (Å²) < 4.78 is 13.5. The van der Waals surface area contributed by atoms with E-state index in [9.17, 15) is 9.18 Å². The lowest BCUT2D eigenvalue weighted by atomic mass is 10.1.